The van der Waals surface area contributed by atoms with E-state index in [0.29, 0.717) is 5.56 Å². The van der Waals surface area contributed by atoms with E-state index in [2.05, 4.69) is 4.98 Å². The normalized spacial score (nSPS) is 10.2. The van der Waals surface area contributed by atoms with E-state index in [1.54, 1.807) is 0 Å². The van der Waals surface area contributed by atoms with E-state index >= 15 is 0 Å². The highest BCUT2D eigenvalue weighted by Crippen LogP contribution is 2.33. The molecular weight excluding hydrogens is 300 g/mol. The van der Waals surface area contributed by atoms with E-state index in [4.69, 9.17) is 21.4 Å². The van der Waals surface area contributed by atoms with Crippen molar-refractivity contribution < 1.29 is 19.6 Å². The Balaban J connectivity index is 2.37. The number of halogens is 1. The SMILES string of the molecule is Cc1c(Oc2ncc(C(=O)O)cc2Cl)cccc1[N+](=O)[O-]. The maximum absolute atomic E-state index is 10.9. The molecule has 0 atom stereocenters. The molecule has 0 aliphatic rings. The molecule has 0 saturated carbocycles. The zero-order valence-electron chi connectivity index (χ0n) is 10.7. The Morgan fingerprint density at radius 2 is 2.19 bits per heavy atom. The number of aromatic nitrogens is 1. The second-order valence-corrected chi connectivity index (χ2v) is 4.48. The quantitative estimate of drug-likeness (QED) is 0.685. The van der Waals surface area contributed by atoms with Crippen LogP contribution in [0.2, 0.25) is 5.02 Å². The highest BCUT2D eigenvalue weighted by Gasteiger charge is 2.16. The third-order valence-corrected chi connectivity index (χ3v) is 2.98. The van der Waals surface area contributed by atoms with Gasteiger partial charge in [-0.05, 0) is 19.1 Å². The molecule has 0 aliphatic heterocycles. The number of carbonyl (C=O) groups is 1. The summed E-state index contributed by atoms with van der Waals surface area (Å²) in [6.45, 7) is 1.53. The van der Waals surface area contributed by atoms with Crippen LogP contribution in [0.25, 0.3) is 0 Å². The van der Waals surface area contributed by atoms with Crippen LogP contribution in [-0.4, -0.2) is 21.0 Å². The molecule has 0 fully saturated rings. The summed E-state index contributed by atoms with van der Waals surface area (Å²) in [6, 6.07) is 5.55. The Bertz CT molecular complexity index is 732. The first-order valence-electron chi connectivity index (χ1n) is 5.71. The van der Waals surface area contributed by atoms with Gasteiger partial charge in [0.25, 0.3) is 5.69 Å². The highest BCUT2D eigenvalue weighted by atomic mass is 35.5. The lowest BCUT2D eigenvalue weighted by atomic mass is 10.2. The number of benzene rings is 1. The van der Waals surface area contributed by atoms with Gasteiger partial charge in [-0.2, -0.15) is 0 Å². The Hall–Kier alpha value is -2.67. The van der Waals surface area contributed by atoms with Gasteiger partial charge in [-0.15, -0.1) is 0 Å². The number of carboxylic acids is 1. The summed E-state index contributed by atoms with van der Waals surface area (Å²) in [4.78, 5) is 24.9. The summed E-state index contributed by atoms with van der Waals surface area (Å²) in [7, 11) is 0. The van der Waals surface area contributed by atoms with Gasteiger partial charge >= 0.3 is 5.97 Å². The van der Waals surface area contributed by atoms with Gasteiger partial charge in [-0.1, -0.05) is 17.7 Å². The van der Waals surface area contributed by atoms with Crippen molar-refractivity contribution in [2.45, 2.75) is 6.92 Å². The van der Waals surface area contributed by atoms with Crippen LogP contribution in [0.3, 0.4) is 0 Å². The molecule has 1 heterocycles. The Kier molecular flexibility index (Phi) is 4.04. The Morgan fingerprint density at radius 1 is 1.48 bits per heavy atom. The number of hydrogen-bond acceptors (Lipinski definition) is 5. The number of nitro benzene ring substituents is 1. The fourth-order valence-electron chi connectivity index (χ4n) is 1.63. The summed E-state index contributed by atoms with van der Waals surface area (Å²) in [6.07, 6.45) is 1.09. The minimum absolute atomic E-state index is 0.000746. The molecule has 0 aliphatic carbocycles. The minimum atomic E-state index is -1.16. The Labute approximate surface area is 123 Å². The molecule has 7 nitrogen and oxygen atoms in total. The third kappa shape index (κ3) is 3.09. The van der Waals surface area contributed by atoms with Gasteiger partial charge in [0.2, 0.25) is 5.88 Å². The van der Waals surface area contributed by atoms with Crippen molar-refractivity contribution in [1.29, 1.82) is 0 Å². The first kappa shape index (κ1) is 14.7. The van der Waals surface area contributed by atoms with Crippen LogP contribution in [0, 0.1) is 17.0 Å². The van der Waals surface area contributed by atoms with Crippen LogP contribution in [-0.2, 0) is 0 Å². The van der Waals surface area contributed by atoms with Crippen molar-refractivity contribution in [2.75, 3.05) is 0 Å². The number of nitrogens with zero attached hydrogens (tertiary/aromatic N) is 2. The predicted molar refractivity (Wildman–Crippen MR) is 74.1 cm³/mol. The fourth-order valence-corrected chi connectivity index (χ4v) is 1.84. The van der Waals surface area contributed by atoms with Gasteiger partial charge in [0.1, 0.15) is 10.8 Å². The number of ether oxygens (including phenoxy) is 1. The second kappa shape index (κ2) is 5.76. The van der Waals surface area contributed by atoms with Crippen LogP contribution in [0.15, 0.2) is 30.5 Å². The summed E-state index contributed by atoms with van der Waals surface area (Å²) < 4.78 is 5.43. The molecule has 1 aromatic carbocycles. The Morgan fingerprint density at radius 3 is 2.76 bits per heavy atom. The largest absolute Gasteiger partial charge is 0.478 e. The molecule has 108 valence electrons. The second-order valence-electron chi connectivity index (χ2n) is 4.08. The fraction of sp³-hybridized carbons (Fsp3) is 0.0769. The molecule has 0 saturated heterocycles. The lowest BCUT2D eigenvalue weighted by Gasteiger charge is -2.09. The highest BCUT2D eigenvalue weighted by molar-refractivity contribution is 6.32. The molecule has 0 amide bonds. The zero-order valence-corrected chi connectivity index (χ0v) is 11.5. The van der Waals surface area contributed by atoms with Gasteiger partial charge in [-0.25, -0.2) is 9.78 Å². The summed E-state index contributed by atoms with van der Waals surface area (Å²) in [5.41, 5.74) is 0.150. The van der Waals surface area contributed by atoms with Crippen molar-refractivity contribution in [1.82, 2.24) is 4.98 Å². The van der Waals surface area contributed by atoms with Gasteiger partial charge in [-0.3, -0.25) is 10.1 Å². The van der Waals surface area contributed by atoms with E-state index in [9.17, 15) is 14.9 Å². The first-order valence-corrected chi connectivity index (χ1v) is 6.08. The molecular formula is C13H9ClN2O5. The average Bonchev–Trinajstić information content (AvgIpc) is 2.42. The van der Waals surface area contributed by atoms with E-state index in [-0.39, 0.29) is 27.9 Å². The van der Waals surface area contributed by atoms with Crippen molar-refractivity contribution >= 4 is 23.3 Å². The third-order valence-electron chi connectivity index (χ3n) is 2.71. The predicted octanol–water partition coefficient (Wildman–Crippen LogP) is 3.44. The molecule has 0 radical (unpaired) electrons. The number of rotatable bonds is 4. The standard InChI is InChI=1S/C13H9ClN2O5/c1-7-10(16(19)20)3-2-4-11(7)21-12-9(14)5-8(6-15-12)13(17)18/h2-6H,1H3,(H,17,18). The summed E-state index contributed by atoms with van der Waals surface area (Å²) in [5.74, 6) is -0.964. The lowest BCUT2D eigenvalue weighted by molar-refractivity contribution is -0.385. The monoisotopic (exact) mass is 308 g/mol. The van der Waals surface area contributed by atoms with Crippen molar-refractivity contribution in [3.05, 3.63) is 56.7 Å². The van der Waals surface area contributed by atoms with Crippen LogP contribution >= 0.6 is 11.6 Å². The van der Waals surface area contributed by atoms with Gasteiger partial charge < -0.3 is 9.84 Å². The molecule has 1 N–H and O–H groups in total. The molecule has 0 bridgehead atoms. The number of aromatic carboxylic acids is 1. The molecule has 1 aromatic heterocycles. The van der Waals surface area contributed by atoms with Crippen LogP contribution in [0.5, 0.6) is 11.6 Å². The average molecular weight is 309 g/mol. The minimum Gasteiger partial charge on any atom is -0.478 e. The molecule has 0 unspecified atom stereocenters. The van der Waals surface area contributed by atoms with E-state index < -0.39 is 10.9 Å². The van der Waals surface area contributed by atoms with Gasteiger partial charge in [0.05, 0.1) is 16.1 Å². The van der Waals surface area contributed by atoms with Crippen molar-refractivity contribution in [2.24, 2.45) is 0 Å². The van der Waals surface area contributed by atoms with Gasteiger partial charge in [0, 0.05) is 12.3 Å². The van der Waals surface area contributed by atoms with Crippen molar-refractivity contribution in [3.63, 3.8) is 0 Å². The lowest BCUT2D eigenvalue weighted by Crippen LogP contribution is -1.99. The molecule has 8 heteroatoms. The maximum atomic E-state index is 10.9. The van der Waals surface area contributed by atoms with E-state index in [1.807, 2.05) is 0 Å². The molecule has 0 spiro atoms. The van der Waals surface area contributed by atoms with E-state index in [0.717, 1.165) is 6.20 Å². The van der Waals surface area contributed by atoms with Crippen LogP contribution in [0.4, 0.5) is 5.69 Å². The number of pyridine rings is 1. The first-order chi connectivity index (χ1) is 9.90. The molecule has 21 heavy (non-hydrogen) atoms. The van der Waals surface area contributed by atoms with Crippen LogP contribution < -0.4 is 4.74 Å². The zero-order chi connectivity index (χ0) is 15.6. The summed E-state index contributed by atoms with van der Waals surface area (Å²) >= 11 is 5.89. The number of carboxylic acid groups (broad SMARTS) is 1. The number of hydrogen-bond donors (Lipinski definition) is 1. The molecule has 2 aromatic rings. The van der Waals surface area contributed by atoms with Crippen LogP contribution in [0.1, 0.15) is 15.9 Å². The van der Waals surface area contributed by atoms with Crippen molar-refractivity contribution in [3.8, 4) is 11.6 Å². The molecule has 2 rings (SSSR count). The summed E-state index contributed by atoms with van der Waals surface area (Å²) in [5, 5.41) is 19.7. The topological polar surface area (TPSA) is 103 Å². The number of nitro groups is 1. The smallest absolute Gasteiger partial charge is 0.337 e. The van der Waals surface area contributed by atoms with E-state index in [1.165, 1.54) is 31.2 Å². The van der Waals surface area contributed by atoms with Gasteiger partial charge in [0.15, 0.2) is 0 Å². The maximum Gasteiger partial charge on any atom is 0.337 e.